The van der Waals surface area contributed by atoms with E-state index in [2.05, 4.69) is 25.8 Å². The molecule has 0 radical (unpaired) electrons. The number of nitrogens with zero attached hydrogens (tertiary/aromatic N) is 5. The first kappa shape index (κ1) is 18.2. The Hall–Kier alpha value is -2.18. The summed E-state index contributed by atoms with van der Waals surface area (Å²) in [6, 6.07) is 12.1. The molecular formula is C21H29N5O. The summed E-state index contributed by atoms with van der Waals surface area (Å²) in [4.78, 5) is 16.5. The van der Waals surface area contributed by atoms with Crippen LogP contribution in [-0.4, -0.2) is 72.2 Å². The molecule has 2 aliphatic rings. The number of rotatable bonds is 7. The summed E-state index contributed by atoms with van der Waals surface area (Å²) in [6.45, 7) is 9.15. The quantitative estimate of drug-likeness (QED) is 0.748. The standard InChI is InChI=1S/C21H29N5O/c1-2-6-20(7-3-1)27-17-16-24-12-14-25(15-13-24)18-19-8-9-22-21(23-19)26-10-4-5-11-26/h1-3,6-9H,4-5,10-18H2. The number of anilines is 1. The third kappa shape index (κ3) is 5.17. The highest BCUT2D eigenvalue weighted by Gasteiger charge is 2.19. The molecule has 3 heterocycles. The molecule has 27 heavy (non-hydrogen) atoms. The van der Waals surface area contributed by atoms with Crippen LogP contribution >= 0.6 is 0 Å². The van der Waals surface area contributed by atoms with Gasteiger partial charge in [-0.05, 0) is 31.0 Å². The van der Waals surface area contributed by atoms with E-state index in [9.17, 15) is 0 Å². The Morgan fingerprint density at radius 1 is 0.852 bits per heavy atom. The molecule has 6 heteroatoms. The van der Waals surface area contributed by atoms with Gasteiger partial charge in [-0.1, -0.05) is 18.2 Å². The van der Waals surface area contributed by atoms with E-state index in [0.29, 0.717) is 0 Å². The Balaban J connectivity index is 1.20. The average Bonchev–Trinajstić information content (AvgIpc) is 3.25. The maximum absolute atomic E-state index is 5.82. The second-order valence-corrected chi connectivity index (χ2v) is 7.32. The van der Waals surface area contributed by atoms with Crippen molar-refractivity contribution in [2.24, 2.45) is 0 Å². The summed E-state index contributed by atoms with van der Waals surface area (Å²) in [5.74, 6) is 1.86. The van der Waals surface area contributed by atoms with Crippen LogP contribution in [0.1, 0.15) is 18.5 Å². The maximum Gasteiger partial charge on any atom is 0.225 e. The molecule has 1 aromatic carbocycles. The lowest BCUT2D eigenvalue weighted by atomic mass is 10.3. The minimum Gasteiger partial charge on any atom is -0.492 e. The molecule has 0 N–H and O–H groups in total. The average molecular weight is 367 g/mol. The number of para-hydroxylation sites is 1. The van der Waals surface area contributed by atoms with Gasteiger partial charge in [0.1, 0.15) is 12.4 Å². The second-order valence-electron chi connectivity index (χ2n) is 7.32. The minimum atomic E-state index is 0.745. The number of aromatic nitrogens is 2. The van der Waals surface area contributed by atoms with E-state index in [1.165, 1.54) is 12.8 Å². The van der Waals surface area contributed by atoms with Gasteiger partial charge in [-0.3, -0.25) is 9.80 Å². The maximum atomic E-state index is 5.82. The topological polar surface area (TPSA) is 44.7 Å². The lowest BCUT2D eigenvalue weighted by molar-refractivity contribution is 0.111. The molecule has 2 aromatic rings. The molecule has 4 rings (SSSR count). The van der Waals surface area contributed by atoms with Crippen molar-refractivity contribution in [1.29, 1.82) is 0 Å². The third-order valence-electron chi connectivity index (χ3n) is 5.36. The summed E-state index contributed by atoms with van der Waals surface area (Å²) in [6.07, 6.45) is 4.42. The van der Waals surface area contributed by atoms with E-state index in [0.717, 1.165) is 76.4 Å². The van der Waals surface area contributed by atoms with E-state index in [-0.39, 0.29) is 0 Å². The molecule has 1 aromatic heterocycles. The van der Waals surface area contributed by atoms with E-state index < -0.39 is 0 Å². The highest BCUT2D eigenvalue weighted by molar-refractivity contribution is 5.31. The monoisotopic (exact) mass is 367 g/mol. The van der Waals surface area contributed by atoms with Crippen LogP contribution in [0.2, 0.25) is 0 Å². The molecule has 144 valence electrons. The lowest BCUT2D eigenvalue weighted by Crippen LogP contribution is -2.47. The zero-order valence-corrected chi connectivity index (χ0v) is 16.0. The summed E-state index contributed by atoms with van der Waals surface area (Å²) in [7, 11) is 0. The molecule has 2 aliphatic heterocycles. The van der Waals surface area contributed by atoms with Crippen LogP contribution in [0.4, 0.5) is 5.95 Å². The summed E-state index contributed by atoms with van der Waals surface area (Å²) in [5.41, 5.74) is 1.13. The SMILES string of the molecule is c1ccc(OCCN2CCN(Cc3ccnc(N4CCCC4)n3)CC2)cc1. The van der Waals surface area contributed by atoms with Crippen molar-refractivity contribution in [3.05, 3.63) is 48.3 Å². The van der Waals surface area contributed by atoms with Gasteiger partial charge in [0, 0.05) is 58.6 Å². The van der Waals surface area contributed by atoms with Crippen LogP contribution in [0.5, 0.6) is 5.75 Å². The van der Waals surface area contributed by atoms with Gasteiger partial charge in [-0.25, -0.2) is 9.97 Å². The summed E-state index contributed by atoms with van der Waals surface area (Å²) in [5, 5.41) is 0. The molecule has 0 unspecified atom stereocenters. The molecule has 0 spiro atoms. The first-order valence-electron chi connectivity index (χ1n) is 10.1. The van der Waals surface area contributed by atoms with E-state index in [1.54, 1.807) is 0 Å². The zero-order valence-electron chi connectivity index (χ0n) is 16.0. The van der Waals surface area contributed by atoms with Crippen LogP contribution in [0.25, 0.3) is 0 Å². The van der Waals surface area contributed by atoms with Crippen LogP contribution < -0.4 is 9.64 Å². The van der Waals surface area contributed by atoms with Gasteiger partial charge < -0.3 is 9.64 Å². The molecule has 6 nitrogen and oxygen atoms in total. The Kier molecular flexibility index (Phi) is 6.17. The summed E-state index contributed by atoms with van der Waals surface area (Å²) < 4.78 is 5.82. The van der Waals surface area contributed by atoms with Crippen molar-refractivity contribution < 1.29 is 4.74 Å². The van der Waals surface area contributed by atoms with Gasteiger partial charge in [0.15, 0.2) is 0 Å². The van der Waals surface area contributed by atoms with Gasteiger partial charge in [-0.15, -0.1) is 0 Å². The number of hydrogen-bond acceptors (Lipinski definition) is 6. The van der Waals surface area contributed by atoms with E-state index >= 15 is 0 Å². The normalized spacial score (nSPS) is 18.7. The van der Waals surface area contributed by atoms with E-state index in [1.807, 2.05) is 36.5 Å². The number of piperazine rings is 1. The lowest BCUT2D eigenvalue weighted by Gasteiger charge is -2.34. The predicted octanol–water partition coefficient (Wildman–Crippen LogP) is 2.27. The van der Waals surface area contributed by atoms with E-state index in [4.69, 9.17) is 9.72 Å². The van der Waals surface area contributed by atoms with Crippen LogP contribution in [0, 0.1) is 0 Å². The second kappa shape index (κ2) is 9.15. The number of ether oxygens (including phenoxy) is 1. The fourth-order valence-corrected chi connectivity index (χ4v) is 3.75. The van der Waals surface area contributed by atoms with Gasteiger partial charge >= 0.3 is 0 Å². The first-order valence-corrected chi connectivity index (χ1v) is 10.1. The number of hydrogen-bond donors (Lipinski definition) is 0. The van der Waals surface area contributed by atoms with Crippen molar-refractivity contribution in [3.63, 3.8) is 0 Å². The Morgan fingerprint density at radius 3 is 2.37 bits per heavy atom. The van der Waals surface area contributed by atoms with Crippen LogP contribution in [0.15, 0.2) is 42.6 Å². The highest BCUT2D eigenvalue weighted by atomic mass is 16.5. The molecule has 0 atom stereocenters. The molecule has 0 saturated carbocycles. The van der Waals surface area contributed by atoms with Crippen molar-refractivity contribution in [1.82, 2.24) is 19.8 Å². The number of benzene rings is 1. The minimum absolute atomic E-state index is 0.745. The van der Waals surface area contributed by atoms with Crippen LogP contribution in [0.3, 0.4) is 0 Å². The molecule has 2 saturated heterocycles. The van der Waals surface area contributed by atoms with Crippen LogP contribution in [-0.2, 0) is 6.54 Å². The van der Waals surface area contributed by atoms with Crippen molar-refractivity contribution in [2.75, 3.05) is 57.3 Å². The zero-order chi connectivity index (χ0) is 18.3. The van der Waals surface area contributed by atoms with Gasteiger partial charge in [0.2, 0.25) is 5.95 Å². The molecular weight excluding hydrogens is 338 g/mol. The summed E-state index contributed by atoms with van der Waals surface area (Å²) >= 11 is 0. The molecule has 0 aliphatic carbocycles. The van der Waals surface area contributed by atoms with Gasteiger partial charge in [-0.2, -0.15) is 0 Å². The van der Waals surface area contributed by atoms with Gasteiger partial charge in [0.05, 0.1) is 5.69 Å². The smallest absolute Gasteiger partial charge is 0.225 e. The molecule has 2 fully saturated rings. The fraction of sp³-hybridized carbons (Fsp3) is 0.524. The first-order chi connectivity index (χ1) is 13.4. The predicted molar refractivity (Wildman–Crippen MR) is 107 cm³/mol. The Bertz CT molecular complexity index is 697. The Morgan fingerprint density at radius 2 is 1.59 bits per heavy atom. The van der Waals surface area contributed by atoms with Crippen molar-refractivity contribution in [2.45, 2.75) is 19.4 Å². The largest absolute Gasteiger partial charge is 0.492 e. The van der Waals surface area contributed by atoms with Crippen molar-refractivity contribution >= 4 is 5.95 Å². The fourth-order valence-electron chi connectivity index (χ4n) is 3.75. The van der Waals surface area contributed by atoms with Gasteiger partial charge in [0.25, 0.3) is 0 Å². The third-order valence-corrected chi connectivity index (χ3v) is 5.36. The highest BCUT2D eigenvalue weighted by Crippen LogP contribution is 2.16. The van der Waals surface area contributed by atoms with Crippen molar-refractivity contribution in [3.8, 4) is 5.75 Å². The Labute approximate surface area is 161 Å². The molecule has 0 bridgehead atoms. The molecule has 0 amide bonds.